The molecule has 0 spiro atoms. The van der Waals surface area contributed by atoms with E-state index in [9.17, 15) is 0 Å². The third-order valence-electron chi connectivity index (χ3n) is 3.62. The van der Waals surface area contributed by atoms with Gasteiger partial charge in [0.2, 0.25) is 0 Å². The SMILES string of the molecule is NCC1(C2CCCO2)CCCC1. The summed E-state index contributed by atoms with van der Waals surface area (Å²) in [5.41, 5.74) is 6.24. The van der Waals surface area contributed by atoms with Crippen LogP contribution >= 0.6 is 0 Å². The van der Waals surface area contributed by atoms with Crippen molar-refractivity contribution in [2.45, 2.75) is 44.6 Å². The topological polar surface area (TPSA) is 35.2 Å². The highest BCUT2D eigenvalue weighted by atomic mass is 16.5. The van der Waals surface area contributed by atoms with Crippen molar-refractivity contribution in [3.05, 3.63) is 0 Å². The third kappa shape index (κ3) is 1.27. The first-order valence-electron chi connectivity index (χ1n) is 5.19. The van der Waals surface area contributed by atoms with Gasteiger partial charge in [-0.15, -0.1) is 0 Å². The summed E-state index contributed by atoms with van der Waals surface area (Å²) in [5, 5.41) is 0. The van der Waals surface area contributed by atoms with Gasteiger partial charge in [0.05, 0.1) is 6.10 Å². The maximum atomic E-state index is 5.87. The predicted octanol–water partition coefficient (Wildman–Crippen LogP) is 1.68. The van der Waals surface area contributed by atoms with Crippen molar-refractivity contribution in [1.29, 1.82) is 0 Å². The molecule has 1 aliphatic carbocycles. The molecule has 0 aromatic heterocycles. The van der Waals surface area contributed by atoms with E-state index in [-0.39, 0.29) is 0 Å². The minimum absolute atomic E-state index is 0.372. The standard InChI is InChI=1S/C10H19NO/c11-8-10(5-1-2-6-10)9-4-3-7-12-9/h9H,1-8,11H2. The number of ether oxygens (including phenoxy) is 1. The average Bonchev–Trinajstić information content (AvgIpc) is 2.76. The van der Waals surface area contributed by atoms with Gasteiger partial charge in [0.25, 0.3) is 0 Å². The molecule has 2 nitrogen and oxygen atoms in total. The lowest BCUT2D eigenvalue weighted by Gasteiger charge is -2.33. The van der Waals surface area contributed by atoms with Crippen molar-refractivity contribution in [3.63, 3.8) is 0 Å². The van der Waals surface area contributed by atoms with Gasteiger partial charge in [0.15, 0.2) is 0 Å². The summed E-state index contributed by atoms with van der Waals surface area (Å²) in [6.07, 6.45) is 8.30. The Bertz CT molecular complexity index is 146. The summed E-state index contributed by atoms with van der Waals surface area (Å²) in [7, 11) is 0. The molecule has 70 valence electrons. The number of rotatable bonds is 2. The van der Waals surface area contributed by atoms with Gasteiger partial charge in [-0.05, 0) is 25.7 Å². The Balaban J connectivity index is 2.04. The zero-order valence-corrected chi connectivity index (χ0v) is 7.72. The molecule has 0 bridgehead atoms. The summed E-state index contributed by atoms with van der Waals surface area (Å²) in [6, 6.07) is 0. The molecule has 0 radical (unpaired) electrons. The Morgan fingerprint density at radius 2 is 2.00 bits per heavy atom. The Hall–Kier alpha value is -0.0800. The van der Waals surface area contributed by atoms with Crippen LogP contribution in [0.25, 0.3) is 0 Å². The van der Waals surface area contributed by atoms with Crippen molar-refractivity contribution in [2.24, 2.45) is 11.1 Å². The maximum Gasteiger partial charge on any atom is 0.0644 e. The van der Waals surface area contributed by atoms with Crippen LogP contribution in [0.5, 0.6) is 0 Å². The fraction of sp³-hybridized carbons (Fsp3) is 1.00. The van der Waals surface area contributed by atoms with Crippen molar-refractivity contribution < 1.29 is 4.74 Å². The fourth-order valence-corrected chi connectivity index (χ4v) is 2.80. The largest absolute Gasteiger partial charge is 0.378 e. The molecular formula is C10H19NO. The van der Waals surface area contributed by atoms with Gasteiger partial charge in [-0.2, -0.15) is 0 Å². The lowest BCUT2D eigenvalue weighted by Crippen LogP contribution is -2.39. The van der Waals surface area contributed by atoms with Gasteiger partial charge in [-0.25, -0.2) is 0 Å². The number of hydrogen-bond donors (Lipinski definition) is 1. The van der Waals surface area contributed by atoms with Gasteiger partial charge in [-0.3, -0.25) is 0 Å². The van der Waals surface area contributed by atoms with Gasteiger partial charge in [0.1, 0.15) is 0 Å². The highest BCUT2D eigenvalue weighted by molar-refractivity contribution is 4.93. The molecular weight excluding hydrogens is 150 g/mol. The van der Waals surface area contributed by atoms with Gasteiger partial charge in [0, 0.05) is 18.6 Å². The second kappa shape index (κ2) is 3.35. The predicted molar refractivity (Wildman–Crippen MR) is 48.9 cm³/mol. The van der Waals surface area contributed by atoms with E-state index in [4.69, 9.17) is 10.5 Å². The third-order valence-corrected chi connectivity index (χ3v) is 3.62. The van der Waals surface area contributed by atoms with Crippen LogP contribution in [-0.4, -0.2) is 19.3 Å². The molecule has 0 amide bonds. The lowest BCUT2D eigenvalue weighted by molar-refractivity contribution is 0.00688. The average molecular weight is 169 g/mol. The molecule has 1 saturated carbocycles. The van der Waals surface area contributed by atoms with Crippen LogP contribution in [0.4, 0.5) is 0 Å². The second-order valence-corrected chi connectivity index (χ2v) is 4.28. The molecule has 1 atom stereocenters. The highest BCUT2D eigenvalue weighted by Gasteiger charge is 2.42. The van der Waals surface area contributed by atoms with E-state index >= 15 is 0 Å². The Kier molecular flexibility index (Phi) is 2.37. The first-order chi connectivity index (χ1) is 5.87. The fourth-order valence-electron chi connectivity index (χ4n) is 2.80. The Morgan fingerprint density at radius 1 is 1.25 bits per heavy atom. The molecule has 1 saturated heterocycles. The molecule has 2 heteroatoms. The van der Waals surface area contributed by atoms with Crippen molar-refractivity contribution >= 4 is 0 Å². The van der Waals surface area contributed by atoms with E-state index in [1.165, 1.54) is 38.5 Å². The zero-order valence-electron chi connectivity index (χ0n) is 7.72. The van der Waals surface area contributed by atoms with Gasteiger partial charge < -0.3 is 10.5 Å². The van der Waals surface area contributed by atoms with Crippen LogP contribution in [0.15, 0.2) is 0 Å². The van der Waals surface area contributed by atoms with Crippen molar-refractivity contribution in [2.75, 3.05) is 13.2 Å². The van der Waals surface area contributed by atoms with Crippen LogP contribution < -0.4 is 5.73 Å². The molecule has 2 aliphatic rings. The smallest absolute Gasteiger partial charge is 0.0644 e. The summed E-state index contributed by atoms with van der Waals surface area (Å²) in [4.78, 5) is 0. The number of hydrogen-bond acceptors (Lipinski definition) is 2. The molecule has 2 N–H and O–H groups in total. The van der Waals surface area contributed by atoms with E-state index in [0.29, 0.717) is 11.5 Å². The molecule has 1 aliphatic heterocycles. The minimum atomic E-state index is 0.372. The van der Waals surface area contributed by atoms with Crippen molar-refractivity contribution in [3.8, 4) is 0 Å². The summed E-state index contributed by atoms with van der Waals surface area (Å²) in [6.45, 7) is 1.80. The molecule has 2 rings (SSSR count). The summed E-state index contributed by atoms with van der Waals surface area (Å²) >= 11 is 0. The van der Waals surface area contributed by atoms with Crippen LogP contribution in [-0.2, 0) is 4.74 Å². The van der Waals surface area contributed by atoms with E-state index in [1.807, 2.05) is 0 Å². The van der Waals surface area contributed by atoms with E-state index in [2.05, 4.69) is 0 Å². The van der Waals surface area contributed by atoms with Crippen LogP contribution in [0.2, 0.25) is 0 Å². The highest BCUT2D eigenvalue weighted by Crippen LogP contribution is 2.44. The molecule has 2 fully saturated rings. The summed E-state index contributed by atoms with van der Waals surface area (Å²) in [5.74, 6) is 0. The van der Waals surface area contributed by atoms with Crippen LogP contribution in [0.1, 0.15) is 38.5 Å². The first kappa shape index (κ1) is 8.52. The van der Waals surface area contributed by atoms with E-state index in [1.54, 1.807) is 0 Å². The quantitative estimate of drug-likeness (QED) is 0.682. The molecule has 0 aromatic rings. The van der Waals surface area contributed by atoms with E-state index < -0.39 is 0 Å². The van der Waals surface area contributed by atoms with Crippen LogP contribution in [0.3, 0.4) is 0 Å². The summed E-state index contributed by atoms with van der Waals surface area (Å²) < 4.78 is 5.75. The van der Waals surface area contributed by atoms with Crippen LogP contribution in [0, 0.1) is 5.41 Å². The molecule has 1 heterocycles. The second-order valence-electron chi connectivity index (χ2n) is 4.28. The Morgan fingerprint density at radius 3 is 2.50 bits per heavy atom. The Labute approximate surface area is 74.5 Å². The normalized spacial score (nSPS) is 34.2. The first-order valence-corrected chi connectivity index (χ1v) is 5.19. The maximum absolute atomic E-state index is 5.87. The molecule has 0 aromatic carbocycles. The zero-order chi connectivity index (χ0) is 8.44. The lowest BCUT2D eigenvalue weighted by atomic mass is 9.79. The minimum Gasteiger partial charge on any atom is -0.378 e. The van der Waals surface area contributed by atoms with E-state index in [0.717, 1.165) is 13.2 Å². The van der Waals surface area contributed by atoms with Gasteiger partial charge >= 0.3 is 0 Å². The number of nitrogens with two attached hydrogens (primary N) is 1. The molecule has 1 unspecified atom stereocenters. The van der Waals surface area contributed by atoms with Crippen molar-refractivity contribution in [1.82, 2.24) is 0 Å². The van der Waals surface area contributed by atoms with Gasteiger partial charge in [-0.1, -0.05) is 12.8 Å². The monoisotopic (exact) mass is 169 g/mol. The molecule has 12 heavy (non-hydrogen) atoms.